The lowest BCUT2D eigenvalue weighted by Crippen LogP contribution is -2.49. The van der Waals surface area contributed by atoms with Crippen LogP contribution >= 0.6 is 0 Å². The number of nitrogens with zero attached hydrogens (tertiary/aromatic N) is 3. The number of methoxy groups -OCH3 is 1. The molecule has 0 unspecified atom stereocenters. The fourth-order valence-electron chi connectivity index (χ4n) is 5.24. The standard InChI is InChI=1S/C36H55N5O9/c1-29(2)38-33-5-4-8-37-35(33)40-9-11-41(12-10-40)36(42)34-28-30-27-31(6-7-32(30)39-34)50-26-25-49-24-23-48-22-21-47-20-19-46-18-17-45-16-15-44-14-13-43-3/h4-8,27-29,38-39H,9-26H2,1-3H3. The van der Waals surface area contributed by atoms with Crippen LogP contribution in [-0.2, 0) is 33.2 Å². The van der Waals surface area contributed by atoms with Crippen molar-refractivity contribution in [2.75, 3.05) is 136 Å². The van der Waals surface area contributed by atoms with E-state index in [9.17, 15) is 4.79 Å². The SMILES string of the molecule is COCCOCCOCCOCCOCCOCCOCCOc1ccc2[nH]c(C(=O)N3CCN(c4ncccc4NC(C)C)CC3)cc2c1. The zero-order chi connectivity index (χ0) is 35.2. The van der Waals surface area contributed by atoms with Gasteiger partial charge in [0.2, 0.25) is 0 Å². The van der Waals surface area contributed by atoms with Crippen molar-refractivity contribution < 1.29 is 42.7 Å². The highest BCUT2D eigenvalue weighted by molar-refractivity contribution is 5.98. The van der Waals surface area contributed by atoms with Gasteiger partial charge in [-0.2, -0.15) is 0 Å². The van der Waals surface area contributed by atoms with Gasteiger partial charge in [-0.3, -0.25) is 4.79 Å². The lowest BCUT2D eigenvalue weighted by Gasteiger charge is -2.36. The van der Waals surface area contributed by atoms with Crippen LogP contribution in [0.2, 0.25) is 0 Å². The van der Waals surface area contributed by atoms with Crippen molar-refractivity contribution in [3.05, 3.63) is 48.3 Å². The van der Waals surface area contributed by atoms with Gasteiger partial charge in [0.1, 0.15) is 18.1 Å². The Bertz CT molecular complexity index is 1370. The summed E-state index contributed by atoms with van der Waals surface area (Å²) in [5.74, 6) is 1.65. The van der Waals surface area contributed by atoms with E-state index in [-0.39, 0.29) is 5.91 Å². The molecule has 2 aromatic heterocycles. The van der Waals surface area contributed by atoms with Crippen molar-refractivity contribution in [1.82, 2.24) is 14.9 Å². The number of aromatic amines is 1. The van der Waals surface area contributed by atoms with Crippen molar-refractivity contribution in [1.29, 1.82) is 0 Å². The van der Waals surface area contributed by atoms with E-state index in [1.54, 1.807) is 7.11 Å². The quantitative estimate of drug-likeness (QED) is 0.119. The number of piperazine rings is 1. The Morgan fingerprint density at radius 1 is 0.760 bits per heavy atom. The summed E-state index contributed by atoms with van der Waals surface area (Å²) in [6.45, 7) is 14.0. The summed E-state index contributed by atoms with van der Waals surface area (Å²) >= 11 is 0. The van der Waals surface area contributed by atoms with E-state index in [0.29, 0.717) is 117 Å². The fraction of sp³-hybridized carbons (Fsp3) is 0.611. The molecule has 50 heavy (non-hydrogen) atoms. The number of nitrogens with one attached hydrogen (secondary N) is 2. The normalized spacial score (nSPS) is 13.4. The highest BCUT2D eigenvalue weighted by atomic mass is 16.6. The molecule has 1 aliphatic heterocycles. The number of carbonyl (C=O) groups is 1. The lowest BCUT2D eigenvalue weighted by atomic mass is 10.2. The Balaban J connectivity index is 1.01. The zero-order valence-corrected chi connectivity index (χ0v) is 29.9. The molecule has 0 spiro atoms. The second-order valence-electron chi connectivity index (χ2n) is 11.9. The van der Waals surface area contributed by atoms with E-state index in [1.165, 1.54) is 0 Å². The number of hydrogen-bond donors (Lipinski definition) is 2. The Morgan fingerprint density at radius 2 is 1.32 bits per heavy atom. The number of aromatic nitrogens is 2. The molecular weight excluding hydrogens is 646 g/mol. The van der Waals surface area contributed by atoms with Gasteiger partial charge < -0.3 is 58.0 Å². The molecule has 1 aromatic carbocycles. The number of benzene rings is 1. The number of hydrogen-bond acceptors (Lipinski definition) is 12. The highest BCUT2D eigenvalue weighted by Crippen LogP contribution is 2.26. The molecular formula is C36H55N5O9. The number of H-pyrrole nitrogens is 1. The Hall–Kier alpha value is -3.50. The molecule has 3 heterocycles. The number of pyridine rings is 1. The van der Waals surface area contributed by atoms with Crippen molar-refractivity contribution >= 4 is 28.3 Å². The average Bonchev–Trinajstić information content (AvgIpc) is 3.56. The average molecular weight is 702 g/mol. The number of carbonyl (C=O) groups excluding carboxylic acids is 1. The van der Waals surface area contributed by atoms with Crippen molar-refractivity contribution in [3.8, 4) is 5.75 Å². The molecule has 0 saturated carbocycles. The largest absolute Gasteiger partial charge is 0.491 e. The molecule has 0 atom stereocenters. The molecule has 3 aromatic rings. The van der Waals surface area contributed by atoms with Crippen LogP contribution < -0.4 is 15.0 Å². The summed E-state index contributed by atoms with van der Waals surface area (Å²) < 4.78 is 43.7. The molecule has 0 bridgehead atoms. The van der Waals surface area contributed by atoms with Crippen LogP contribution in [0.1, 0.15) is 24.3 Å². The fourth-order valence-corrected chi connectivity index (χ4v) is 5.24. The van der Waals surface area contributed by atoms with Crippen LogP contribution in [0.25, 0.3) is 10.9 Å². The summed E-state index contributed by atoms with van der Waals surface area (Å²) in [5.41, 5.74) is 2.48. The molecule has 4 rings (SSSR count). The summed E-state index contributed by atoms with van der Waals surface area (Å²) in [4.78, 5) is 25.4. The molecule has 14 nitrogen and oxygen atoms in total. The van der Waals surface area contributed by atoms with E-state index in [4.69, 9.17) is 37.9 Å². The smallest absolute Gasteiger partial charge is 0.270 e. The summed E-state index contributed by atoms with van der Waals surface area (Å²) in [7, 11) is 1.65. The van der Waals surface area contributed by atoms with E-state index >= 15 is 0 Å². The van der Waals surface area contributed by atoms with E-state index < -0.39 is 0 Å². The second kappa shape index (κ2) is 23.1. The molecule has 1 fully saturated rings. The van der Waals surface area contributed by atoms with Gasteiger partial charge in [0, 0.05) is 56.4 Å². The minimum atomic E-state index is -0.00487. The zero-order valence-electron chi connectivity index (χ0n) is 29.9. The van der Waals surface area contributed by atoms with Gasteiger partial charge in [0.25, 0.3) is 5.91 Å². The van der Waals surface area contributed by atoms with Gasteiger partial charge in [-0.1, -0.05) is 0 Å². The molecule has 1 saturated heterocycles. The first-order chi connectivity index (χ1) is 24.5. The van der Waals surface area contributed by atoms with Crippen LogP contribution in [0, 0.1) is 0 Å². The third-order valence-corrected chi connectivity index (χ3v) is 7.71. The number of fused-ring (bicyclic) bond motifs is 1. The first-order valence-electron chi connectivity index (χ1n) is 17.5. The molecule has 0 radical (unpaired) electrons. The number of ether oxygens (including phenoxy) is 8. The third-order valence-electron chi connectivity index (χ3n) is 7.71. The maximum Gasteiger partial charge on any atom is 0.270 e. The maximum atomic E-state index is 13.4. The minimum Gasteiger partial charge on any atom is -0.491 e. The number of amides is 1. The Labute approximate surface area is 295 Å². The molecule has 1 amide bonds. The van der Waals surface area contributed by atoms with Gasteiger partial charge in [-0.05, 0) is 50.2 Å². The minimum absolute atomic E-state index is 0.00487. The Kier molecular flexibility index (Phi) is 18.1. The van der Waals surface area contributed by atoms with Crippen LogP contribution in [0.5, 0.6) is 5.75 Å². The van der Waals surface area contributed by atoms with Gasteiger partial charge in [0.05, 0.1) is 91.6 Å². The summed E-state index contributed by atoms with van der Waals surface area (Å²) in [6, 6.07) is 12.0. The van der Waals surface area contributed by atoms with E-state index in [2.05, 4.69) is 34.0 Å². The first-order valence-corrected chi connectivity index (χ1v) is 17.5. The lowest BCUT2D eigenvalue weighted by molar-refractivity contribution is -0.0199. The van der Waals surface area contributed by atoms with Gasteiger partial charge in [-0.25, -0.2) is 4.98 Å². The van der Waals surface area contributed by atoms with Crippen LogP contribution in [0.4, 0.5) is 11.5 Å². The summed E-state index contributed by atoms with van der Waals surface area (Å²) in [6.07, 6.45) is 1.81. The van der Waals surface area contributed by atoms with E-state index in [0.717, 1.165) is 41.2 Å². The molecule has 14 heteroatoms. The predicted molar refractivity (Wildman–Crippen MR) is 192 cm³/mol. The Morgan fingerprint density at radius 3 is 1.88 bits per heavy atom. The number of rotatable bonds is 26. The van der Waals surface area contributed by atoms with Gasteiger partial charge >= 0.3 is 0 Å². The monoisotopic (exact) mass is 701 g/mol. The topological polar surface area (TPSA) is 138 Å². The molecule has 1 aliphatic rings. The van der Waals surface area contributed by atoms with Crippen LogP contribution in [0.3, 0.4) is 0 Å². The van der Waals surface area contributed by atoms with Crippen LogP contribution in [0.15, 0.2) is 42.6 Å². The van der Waals surface area contributed by atoms with E-state index in [1.807, 2.05) is 47.5 Å². The predicted octanol–water partition coefficient (Wildman–Crippen LogP) is 3.47. The summed E-state index contributed by atoms with van der Waals surface area (Å²) in [5, 5.41) is 4.40. The van der Waals surface area contributed by atoms with Gasteiger partial charge in [0.15, 0.2) is 5.82 Å². The number of anilines is 2. The third kappa shape index (κ3) is 14.0. The molecule has 278 valence electrons. The maximum absolute atomic E-state index is 13.4. The van der Waals surface area contributed by atoms with Crippen molar-refractivity contribution in [2.24, 2.45) is 0 Å². The highest BCUT2D eigenvalue weighted by Gasteiger charge is 2.25. The first kappa shape index (κ1) is 39.3. The van der Waals surface area contributed by atoms with Crippen molar-refractivity contribution in [2.45, 2.75) is 19.9 Å². The van der Waals surface area contributed by atoms with Crippen LogP contribution in [-0.4, -0.2) is 153 Å². The molecule has 0 aliphatic carbocycles. The molecule has 2 N–H and O–H groups in total. The van der Waals surface area contributed by atoms with Crippen molar-refractivity contribution in [3.63, 3.8) is 0 Å². The van der Waals surface area contributed by atoms with Gasteiger partial charge in [-0.15, -0.1) is 0 Å². The second-order valence-corrected chi connectivity index (χ2v) is 11.9.